The van der Waals surface area contributed by atoms with Crippen molar-refractivity contribution in [3.63, 3.8) is 0 Å². The molecule has 7 rings (SSSR count). The van der Waals surface area contributed by atoms with Gasteiger partial charge in [0.2, 0.25) is 5.95 Å². The molecule has 1 saturated heterocycles. The van der Waals surface area contributed by atoms with Gasteiger partial charge in [0.15, 0.2) is 11.6 Å². The first-order valence-electron chi connectivity index (χ1n) is 11.6. The average Bonchev–Trinajstić information content (AvgIpc) is 3.55. The first-order valence-corrected chi connectivity index (χ1v) is 12.4. The second-order valence-corrected chi connectivity index (χ2v) is 10.7. The molecule has 3 atom stereocenters. The van der Waals surface area contributed by atoms with Crippen molar-refractivity contribution in [2.45, 2.75) is 39.0 Å². The quantitative estimate of drug-likeness (QED) is 0.426. The average molecular weight is 491 g/mol. The highest BCUT2D eigenvalue weighted by Crippen LogP contribution is 2.47. The third-order valence-corrected chi connectivity index (χ3v) is 8.96. The van der Waals surface area contributed by atoms with Gasteiger partial charge in [-0.2, -0.15) is 5.26 Å². The number of halogens is 2. The number of thiophene rings is 1. The largest absolute Gasteiger partial charge is 0.389 e. The molecule has 176 valence electrons. The van der Waals surface area contributed by atoms with Crippen LogP contribution in [0.25, 0.3) is 32.2 Å². The van der Waals surface area contributed by atoms with Crippen LogP contribution >= 0.6 is 11.3 Å². The molecule has 3 unspecified atom stereocenters. The summed E-state index contributed by atoms with van der Waals surface area (Å²) < 4.78 is 36.9. The maximum atomic E-state index is 16.4. The molecule has 0 radical (unpaired) electrons. The van der Waals surface area contributed by atoms with Gasteiger partial charge in [-0.1, -0.05) is 6.92 Å². The van der Waals surface area contributed by atoms with E-state index in [9.17, 15) is 9.65 Å². The number of fused-ring (bicyclic) bond motifs is 5. The highest BCUT2D eigenvalue weighted by atomic mass is 32.1. The third-order valence-electron chi connectivity index (χ3n) is 7.93. The fourth-order valence-corrected chi connectivity index (χ4v) is 7.05. The Morgan fingerprint density at radius 1 is 1.23 bits per heavy atom. The van der Waals surface area contributed by atoms with E-state index in [1.54, 1.807) is 6.20 Å². The summed E-state index contributed by atoms with van der Waals surface area (Å²) >= 11 is 0.962. The fourth-order valence-electron chi connectivity index (χ4n) is 6.13. The number of hydrogen-bond donors (Lipinski definition) is 1. The molecule has 2 aliphatic heterocycles. The number of ether oxygens (including phenoxy) is 1. The van der Waals surface area contributed by atoms with Crippen LogP contribution in [0.5, 0.6) is 0 Å². The normalized spacial score (nSPS) is 22.9. The van der Waals surface area contributed by atoms with Gasteiger partial charge in [-0.05, 0) is 35.8 Å². The van der Waals surface area contributed by atoms with Gasteiger partial charge in [0.25, 0.3) is 0 Å². The summed E-state index contributed by atoms with van der Waals surface area (Å²) in [6, 6.07) is 2.43. The van der Waals surface area contributed by atoms with Crippen LogP contribution in [-0.4, -0.2) is 27.5 Å². The zero-order valence-corrected chi connectivity index (χ0v) is 19.6. The standard InChI is InChI=1S/C25H20F2N6OS/c1-10-4-17-11(10)2-3-33(17)25-31-6-13-14-8-34-9-15(14)18(20(27)21(13)32-25)22-19-12(5-28)24(29)35-23(19)16(26)7-30-22/h6-7,10-11,17H,2-4,8-9,29H2,1H3. The minimum atomic E-state index is -0.598. The lowest BCUT2D eigenvalue weighted by Gasteiger charge is -2.41. The van der Waals surface area contributed by atoms with E-state index in [1.165, 1.54) is 0 Å². The third kappa shape index (κ3) is 2.73. The molecule has 2 N–H and O–H groups in total. The highest BCUT2D eigenvalue weighted by Gasteiger charge is 2.47. The summed E-state index contributed by atoms with van der Waals surface area (Å²) in [5.74, 6) is 0.677. The Hall–Kier alpha value is -3.42. The van der Waals surface area contributed by atoms with Crippen LogP contribution in [0.1, 0.15) is 36.5 Å². The first-order chi connectivity index (χ1) is 17.0. The summed E-state index contributed by atoms with van der Waals surface area (Å²) in [5.41, 5.74) is 8.07. The number of aromatic nitrogens is 3. The van der Waals surface area contributed by atoms with Gasteiger partial charge in [-0.25, -0.2) is 18.7 Å². The lowest BCUT2D eigenvalue weighted by Crippen LogP contribution is -2.45. The van der Waals surface area contributed by atoms with Crippen LogP contribution in [0.2, 0.25) is 0 Å². The Balaban J connectivity index is 1.49. The van der Waals surface area contributed by atoms with Crippen molar-refractivity contribution < 1.29 is 13.5 Å². The number of nitriles is 1. The number of nitrogens with zero attached hydrogens (tertiary/aromatic N) is 5. The first kappa shape index (κ1) is 20.9. The minimum absolute atomic E-state index is 0.102. The molecule has 0 bridgehead atoms. The summed E-state index contributed by atoms with van der Waals surface area (Å²) in [4.78, 5) is 15.8. The molecule has 3 aliphatic rings. The van der Waals surface area contributed by atoms with Crippen molar-refractivity contribution in [1.29, 1.82) is 5.26 Å². The Morgan fingerprint density at radius 3 is 2.83 bits per heavy atom. The van der Waals surface area contributed by atoms with E-state index >= 15 is 4.39 Å². The van der Waals surface area contributed by atoms with Crippen LogP contribution in [0.4, 0.5) is 19.7 Å². The lowest BCUT2D eigenvalue weighted by molar-refractivity contribution is 0.135. The van der Waals surface area contributed by atoms with Crippen LogP contribution in [-0.2, 0) is 18.0 Å². The molecule has 3 aromatic heterocycles. The molecule has 5 heterocycles. The SMILES string of the molecule is CC1CC2C1CCN2c1ncc2c3c(c(-c4ncc(F)c5sc(N)c(C#N)c45)c(F)c2n1)COC3. The molecule has 4 aromatic rings. The predicted molar refractivity (Wildman–Crippen MR) is 129 cm³/mol. The van der Waals surface area contributed by atoms with Gasteiger partial charge >= 0.3 is 0 Å². The molecule has 0 amide bonds. The van der Waals surface area contributed by atoms with E-state index in [0.29, 0.717) is 34.8 Å². The number of nitrogens with two attached hydrogens (primary N) is 1. The molecular formula is C25H20F2N6OS. The maximum absolute atomic E-state index is 16.4. The zero-order valence-electron chi connectivity index (χ0n) is 18.8. The highest BCUT2D eigenvalue weighted by molar-refractivity contribution is 7.23. The zero-order chi connectivity index (χ0) is 24.0. The predicted octanol–water partition coefficient (Wildman–Crippen LogP) is 4.90. The topological polar surface area (TPSA) is 101 Å². The van der Waals surface area contributed by atoms with Crippen molar-refractivity contribution in [2.75, 3.05) is 17.2 Å². The molecule has 10 heteroatoms. The fraction of sp³-hybridized carbons (Fsp3) is 0.360. The van der Waals surface area contributed by atoms with Gasteiger partial charge in [0, 0.05) is 35.1 Å². The molecule has 1 aromatic carbocycles. The number of hydrogen-bond acceptors (Lipinski definition) is 8. The number of pyridine rings is 1. The Bertz CT molecular complexity index is 1610. The van der Waals surface area contributed by atoms with Gasteiger partial charge < -0.3 is 15.4 Å². The Morgan fingerprint density at radius 2 is 2.06 bits per heavy atom. The molecule has 1 aliphatic carbocycles. The van der Waals surface area contributed by atoms with Gasteiger partial charge in [-0.15, -0.1) is 11.3 Å². The van der Waals surface area contributed by atoms with Crippen molar-refractivity contribution in [1.82, 2.24) is 15.0 Å². The van der Waals surface area contributed by atoms with Crippen molar-refractivity contribution in [2.24, 2.45) is 11.8 Å². The summed E-state index contributed by atoms with van der Waals surface area (Å²) in [6.45, 7) is 3.59. The monoisotopic (exact) mass is 490 g/mol. The van der Waals surface area contributed by atoms with Gasteiger partial charge in [0.1, 0.15) is 16.6 Å². The number of nitrogen functional groups attached to an aromatic ring is 1. The van der Waals surface area contributed by atoms with Crippen molar-refractivity contribution in [3.05, 3.63) is 40.7 Å². The number of rotatable bonds is 2. The second kappa shape index (κ2) is 7.29. The second-order valence-electron chi connectivity index (χ2n) is 9.61. The van der Waals surface area contributed by atoms with Crippen molar-refractivity contribution >= 4 is 43.3 Å². The van der Waals surface area contributed by atoms with Crippen molar-refractivity contribution in [3.8, 4) is 17.3 Å². The summed E-state index contributed by atoms with van der Waals surface area (Å²) in [5, 5.41) is 10.7. The van der Waals surface area contributed by atoms with E-state index in [1.807, 2.05) is 6.07 Å². The molecule has 7 nitrogen and oxygen atoms in total. The molecule has 35 heavy (non-hydrogen) atoms. The van der Waals surface area contributed by atoms with Gasteiger partial charge in [0.05, 0.1) is 35.4 Å². The van der Waals surface area contributed by atoms with Crippen LogP contribution in [0.15, 0.2) is 12.4 Å². The van der Waals surface area contributed by atoms with Crippen LogP contribution in [0.3, 0.4) is 0 Å². The van der Waals surface area contributed by atoms with Gasteiger partial charge in [-0.3, -0.25) is 4.98 Å². The molecule has 1 saturated carbocycles. The summed E-state index contributed by atoms with van der Waals surface area (Å²) in [7, 11) is 0. The molecular weight excluding hydrogens is 470 g/mol. The van der Waals surface area contributed by atoms with Crippen LogP contribution in [0, 0.1) is 34.8 Å². The van der Waals surface area contributed by atoms with E-state index < -0.39 is 11.6 Å². The van der Waals surface area contributed by atoms with Crippen LogP contribution < -0.4 is 10.6 Å². The van der Waals surface area contributed by atoms with E-state index in [0.717, 1.165) is 42.5 Å². The number of anilines is 2. The smallest absolute Gasteiger partial charge is 0.226 e. The number of benzene rings is 1. The van der Waals surface area contributed by atoms with E-state index in [2.05, 4.69) is 21.8 Å². The summed E-state index contributed by atoms with van der Waals surface area (Å²) in [6.07, 6.45) is 4.91. The Kier molecular flexibility index (Phi) is 4.36. The Labute approximate surface area is 203 Å². The van der Waals surface area contributed by atoms with E-state index in [4.69, 9.17) is 15.5 Å². The van der Waals surface area contributed by atoms with E-state index in [-0.39, 0.29) is 50.6 Å². The molecule has 0 spiro atoms. The lowest BCUT2D eigenvalue weighted by atomic mass is 9.71. The minimum Gasteiger partial charge on any atom is -0.389 e. The molecule has 2 fully saturated rings. The maximum Gasteiger partial charge on any atom is 0.226 e.